The SMILES string of the molecule is C[C@]12CC[C@@H]3c4ccc(O)cc4CC(CCCCCCCCC[C@H](CCC(F)(F)C(F)(F)C(F)(F)C(F)(F)F)C(=O)O)[C@H]3[C@@H]1CCC2O. The van der Waals surface area contributed by atoms with Crippen LogP contribution >= 0.6 is 0 Å². The fourth-order valence-electron chi connectivity index (χ4n) is 9.02. The van der Waals surface area contributed by atoms with Crippen molar-refractivity contribution in [3.05, 3.63) is 29.3 Å². The third-order valence-corrected chi connectivity index (χ3v) is 11.8. The van der Waals surface area contributed by atoms with Crippen LogP contribution < -0.4 is 0 Å². The summed E-state index contributed by atoms with van der Waals surface area (Å²) in [5.74, 6) is -20.6. The first kappa shape index (κ1) is 38.6. The van der Waals surface area contributed by atoms with Crippen LogP contribution in [0.1, 0.15) is 120 Å². The van der Waals surface area contributed by atoms with Crippen molar-refractivity contribution in [3.8, 4) is 5.75 Å². The molecule has 274 valence electrons. The van der Waals surface area contributed by atoms with E-state index in [4.69, 9.17) is 0 Å². The van der Waals surface area contributed by atoms with Crippen LogP contribution in [0.25, 0.3) is 0 Å². The highest BCUT2D eigenvalue weighted by Crippen LogP contribution is 2.63. The van der Waals surface area contributed by atoms with Gasteiger partial charge in [-0.05, 0) is 104 Å². The third-order valence-electron chi connectivity index (χ3n) is 11.8. The number of halogens is 9. The molecule has 0 aromatic heterocycles. The van der Waals surface area contributed by atoms with Crippen LogP contribution in [-0.2, 0) is 11.2 Å². The number of carboxylic acids is 1. The Morgan fingerprint density at radius 2 is 1.50 bits per heavy atom. The molecule has 2 saturated carbocycles. The fraction of sp³-hybridized carbons (Fsp3) is 0.800. The Bertz CT molecular complexity index is 1250. The molecule has 0 radical (unpaired) electrons. The summed E-state index contributed by atoms with van der Waals surface area (Å²) in [5, 5.41) is 30.3. The number of phenols is 1. The molecule has 0 heterocycles. The molecular weight excluding hydrogens is 655 g/mol. The quantitative estimate of drug-likeness (QED) is 0.118. The zero-order valence-corrected chi connectivity index (χ0v) is 27.2. The molecule has 1 aromatic rings. The van der Waals surface area contributed by atoms with Gasteiger partial charge in [-0.3, -0.25) is 4.79 Å². The zero-order valence-electron chi connectivity index (χ0n) is 27.2. The number of fused-ring (bicyclic) bond motifs is 5. The number of aliphatic hydroxyl groups excluding tert-OH is 1. The average Bonchev–Trinajstić information content (AvgIpc) is 3.30. The molecule has 3 N–H and O–H groups in total. The van der Waals surface area contributed by atoms with E-state index < -0.39 is 48.7 Å². The Kier molecular flexibility index (Phi) is 11.7. The lowest BCUT2D eigenvalue weighted by Gasteiger charge is -2.53. The molecule has 48 heavy (non-hydrogen) atoms. The molecule has 1 aromatic carbocycles. The molecule has 4 rings (SSSR count). The second-order valence-corrected chi connectivity index (χ2v) is 14.8. The summed E-state index contributed by atoms with van der Waals surface area (Å²) >= 11 is 0. The zero-order chi connectivity index (χ0) is 35.7. The van der Waals surface area contributed by atoms with E-state index in [-0.39, 0.29) is 30.1 Å². The number of aliphatic hydroxyl groups is 1. The highest BCUT2D eigenvalue weighted by molar-refractivity contribution is 5.69. The smallest absolute Gasteiger partial charge is 0.460 e. The minimum Gasteiger partial charge on any atom is -0.508 e. The molecule has 4 nitrogen and oxygen atoms in total. The van der Waals surface area contributed by atoms with Crippen molar-refractivity contribution in [2.24, 2.45) is 29.1 Å². The lowest BCUT2D eigenvalue weighted by atomic mass is 9.52. The van der Waals surface area contributed by atoms with Crippen LogP contribution in [0.2, 0.25) is 0 Å². The summed E-state index contributed by atoms with van der Waals surface area (Å²) < 4.78 is 118. The van der Waals surface area contributed by atoms with Crippen LogP contribution in [0.5, 0.6) is 5.75 Å². The Labute approximate surface area is 275 Å². The molecule has 2 unspecified atom stereocenters. The van der Waals surface area contributed by atoms with Crippen molar-refractivity contribution in [1.82, 2.24) is 0 Å². The van der Waals surface area contributed by atoms with Crippen LogP contribution in [0, 0.1) is 29.1 Å². The topological polar surface area (TPSA) is 77.8 Å². The van der Waals surface area contributed by atoms with Gasteiger partial charge in [0, 0.05) is 6.42 Å². The van der Waals surface area contributed by atoms with E-state index >= 15 is 0 Å². The van der Waals surface area contributed by atoms with Gasteiger partial charge in [0.1, 0.15) is 5.75 Å². The van der Waals surface area contributed by atoms with Crippen molar-refractivity contribution < 1.29 is 59.6 Å². The highest BCUT2D eigenvalue weighted by atomic mass is 19.4. The van der Waals surface area contributed by atoms with Gasteiger partial charge < -0.3 is 15.3 Å². The number of hydrogen-bond acceptors (Lipinski definition) is 3. The summed E-state index contributed by atoms with van der Waals surface area (Å²) in [6, 6.07) is 5.72. The fourth-order valence-corrected chi connectivity index (χ4v) is 9.02. The second-order valence-electron chi connectivity index (χ2n) is 14.8. The first-order valence-electron chi connectivity index (χ1n) is 17.2. The molecule has 0 aliphatic heterocycles. The third kappa shape index (κ3) is 7.60. The van der Waals surface area contributed by atoms with Gasteiger partial charge in [-0.1, -0.05) is 57.9 Å². The van der Waals surface area contributed by atoms with Gasteiger partial charge in [-0.2, -0.15) is 39.5 Å². The second kappa shape index (κ2) is 14.6. The summed E-state index contributed by atoms with van der Waals surface area (Å²) in [4.78, 5) is 11.5. The van der Waals surface area contributed by atoms with Crippen molar-refractivity contribution in [3.63, 3.8) is 0 Å². The summed E-state index contributed by atoms with van der Waals surface area (Å²) in [6.45, 7) is 2.24. The molecule has 3 aliphatic carbocycles. The maximum atomic E-state index is 13.9. The van der Waals surface area contributed by atoms with Crippen molar-refractivity contribution in [2.45, 2.75) is 146 Å². The Morgan fingerprint density at radius 3 is 2.12 bits per heavy atom. The maximum Gasteiger partial charge on any atom is 0.460 e. The number of carboxylic acid groups (broad SMARTS) is 1. The lowest BCUT2D eigenvalue weighted by Crippen LogP contribution is -2.60. The van der Waals surface area contributed by atoms with Crippen LogP contribution in [-0.4, -0.2) is 51.3 Å². The number of rotatable bonds is 16. The summed E-state index contributed by atoms with van der Waals surface area (Å²) in [6.07, 6.45) is 0.306. The molecule has 0 amide bonds. The highest BCUT2D eigenvalue weighted by Gasteiger charge is 2.81. The average molecular weight is 703 g/mol. The number of hydrogen-bond donors (Lipinski definition) is 3. The molecule has 3 aliphatic rings. The number of aliphatic carboxylic acids is 1. The van der Waals surface area contributed by atoms with E-state index in [1.165, 1.54) is 11.1 Å². The van der Waals surface area contributed by atoms with Crippen LogP contribution in [0.3, 0.4) is 0 Å². The number of unbranched alkanes of at least 4 members (excludes halogenated alkanes) is 6. The molecule has 13 heteroatoms. The molecule has 0 spiro atoms. The van der Waals surface area contributed by atoms with Gasteiger partial charge in [0.05, 0.1) is 12.0 Å². The largest absolute Gasteiger partial charge is 0.508 e. The van der Waals surface area contributed by atoms with Gasteiger partial charge in [-0.15, -0.1) is 0 Å². The number of alkyl halides is 9. The van der Waals surface area contributed by atoms with Crippen molar-refractivity contribution in [1.29, 1.82) is 0 Å². The Balaban J connectivity index is 1.20. The Morgan fingerprint density at radius 1 is 0.875 bits per heavy atom. The lowest BCUT2D eigenvalue weighted by molar-refractivity contribution is -0.396. The molecular formula is C35H47F9O4. The number of phenolic OH excluding ortho intramolecular Hbond substituents is 1. The van der Waals surface area contributed by atoms with Crippen molar-refractivity contribution in [2.75, 3.05) is 0 Å². The van der Waals surface area contributed by atoms with Crippen LogP contribution in [0.15, 0.2) is 18.2 Å². The van der Waals surface area contributed by atoms with E-state index in [0.717, 1.165) is 64.2 Å². The predicted molar refractivity (Wildman–Crippen MR) is 160 cm³/mol. The maximum absolute atomic E-state index is 13.9. The van der Waals surface area contributed by atoms with E-state index in [2.05, 4.69) is 13.0 Å². The minimum absolute atomic E-state index is 0.0682. The normalized spacial score (nSPS) is 28.4. The van der Waals surface area contributed by atoms with Crippen molar-refractivity contribution >= 4 is 5.97 Å². The number of benzene rings is 1. The summed E-state index contributed by atoms with van der Waals surface area (Å²) in [7, 11) is 0. The first-order chi connectivity index (χ1) is 22.2. The van der Waals surface area contributed by atoms with Gasteiger partial charge in [0.15, 0.2) is 0 Å². The van der Waals surface area contributed by atoms with E-state index in [9.17, 15) is 59.6 Å². The first-order valence-corrected chi connectivity index (χ1v) is 17.2. The van der Waals surface area contributed by atoms with E-state index in [0.29, 0.717) is 36.5 Å². The molecule has 7 atom stereocenters. The minimum atomic E-state index is -6.98. The Hall–Kier alpha value is -2.18. The van der Waals surface area contributed by atoms with Gasteiger partial charge in [-0.25, -0.2) is 0 Å². The number of aromatic hydroxyl groups is 1. The monoisotopic (exact) mass is 702 g/mol. The van der Waals surface area contributed by atoms with E-state index in [1.807, 2.05) is 6.07 Å². The summed E-state index contributed by atoms with van der Waals surface area (Å²) in [5.41, 5.74) is 2.47. The molecule has 2 fully saturated rings. The van der Waals surface area contributed by atoms with Gasteiger partial charge in [0.2, 0.25) is 0 Å². The standard InChI is InChI=1S/C35H47F9O4/c1-31-17-16-26-25-12-11-24(45)20-23(25)19-22(29(26)27(31)13-14-28(31)46)10-8-6-4-2-3-5-7-9-21(30(47)48)15-18-32(36,37)33(38,39)34(40,41)35(42,43)44/h11-12,20-22,26-29,45-46H,2-10,13-19H2,1H3,(H,47,48)/t21-,22?,26-,27+,28?,29-,31+/m1/s1. The van der Waals surface area contributed by atoms with Gasteiger partial charge >= 0.3 is 29.9 Å². The van der Waals surface area contributed by atoms with Crippen LogP contribution in [0.4, 0.5) is 39.5 Å². The predicted octanol–water partition coefficient (Wildman–Crippen LogP) is 10.3. The van der Waals surface area contributed by atoms with Gasteiger partial charge in [0.25, 0.3) is 0 Å². The molecule has 0 saturated heterocycles. The molecule has 0 bridgehead atoms. The van der Waals surface area contributed by atoms with E-state index in [1.54, 1.807) is 6.07 Å². The number of carbonyl (C=O) groups is 1.